The number of nitrogens with one attached hydrogen (secondary N) is 1. The molecule has 6 nitrogen and oxygen atoms in total. The lowest BCUT2D eigenvalue weighted by molar-refractivity contribution is 0.376. The number of benzene rings is 1. The van der Waals surface area contributed by atoms with Crippen LogP contribution in [0.4, 0.5) is 10.8 Å². The molecule has 8 heteroatoms. The first-order chi connectivity index (χ1) is 10.6. The number of thioether (sulfide) groups is 1. The number of rotatable bonds is 5. The van der Waals surface area contributed by atoms with E-state index in [1.165, 1.54) is 16.9 Å². The third kappa shape index (κ3) is 3.63. The summed E-state index contributed by atoms with van der Waals surface area (Å²) in [5.41, 5.74) is 2.21. The average molecular weight is 333 g/mol. The molecule has 0 bridgehead atoms. The van der Waals surface area contributed by atoms with Crippen molar-refractivity contribution < 1.29 is 4.52 Å². The van der Waals surface area contributed by atoms with Gasteiger partial charge >= 0.3 is 0 Å². The fourth-order valence-corrected chi connectivity index (χ4v) is 3.78. The molecule has 0 radical (unpaired) electrons. The highest BCUT2D eigenvalue weighted by atomic mass is 32.2. The Labute approximate surface area is 136 Å². The number of aromatic nitrogens is 4. The van der Waals surface area contributed by atoms with E-state index in [-0.39, 0.29) is 5.25 Å². The van der Waals surface area contributed by atoms with E-state index in [9.17, 15) is 0 Å². The molecule has 0 aliphatic carbocycles. The SMILES string of the molecule is Cc1cccc(Nc2nnc(SC(C)c3nc(C)no3)s2)c1. The van der Waals surface area contributed by atoms with Crippen molar-refractivity contribution in [1.29, 1.82) is 0 Å². The van der Waals surface area contributed by atoms with E-state index in [4.69, 9.17) is 4.52 Å². The number of hydrogen-bond acceptors (Lipinski definition) is 8. The maximum absolute atomic E-state index is 5.17. The Hall–Kier alpha value is -1.93. The lowest BCUT2D eigenvalue weighted by Crippen LogP contribution is -1.89. The van der Waals surface area contributed by atoms with Gasteiger partial charge in [-0.05, 0) is 38.5 Å². The monoisotopic (exact) mass is 333 g/mol. The molecule has 0 saturated heterocycles. The first kappa shape index (κ1) is 15.0. The Balaban J connectivity index is 1.66. The molecule has 1 atom stereocenters. The summed E-state index contributed by atoms with van der Waals surface area (Å²) >= 11 is 3.06. The summed E-state index contributed by atoms with van der Waals surface area (Å²) in [4.78, 5) is 4.23. The zero-order valence-electron chi connectivity index (χ0n) is 12.4. The van der Waals surface area contributed by atoms with E-state index < -0.39 is 0 Å². The van der Waals surface area contributed by atoms with Gasteiger partial charge in [-0.3, -0.25) is 0 Å². The molecule has 0 saturated carbocycles. The number of aryl methyl sites for hydroxylation is 2. The minimum absolute atomic E-state index is 0.0426. The molecule has 0 aliphatic rings. The molecule has 0 amide bonds. The quantitative estimate of drug-likeness (QED) is 0.703. The van der Waals surface area contributed by atoms with E-state index in [0.29, 0.717) is 11.7 Å². The van der Waals surface area contributed by atoms with Gasteiger partial charge in [-0.1, -0.05) is 40.4 Å². The van der Waals surface area contributed by atoms with Gasteiger partial charge in [0.25, 0.3) is 0 Å². The Morgan fingerprint density at radius 3 is 2.86 bits per heavy atom. The van der Waals surface area contributed by atoms with Crippen molar-refractivity contribution in [3.8, 4) is 0 Å². The molecule has 1 N–H and O–H groups in total. The van der Waals surface area contributed by atoms with Gasteiger partial charge in [0, 0.05) is 5.69 Å². The van der Waals surface area contributed by atoms with Crippen LogP contribution in [0, 0.1) is 13.8 Å². The average Bonchev–Trinajstić information content (AvgIpc) is 3.08. The van der Waals surface area contributed by atoms with Crippen LogP contribution in [0.5, 0.6) is 0 Å². The minimum Gasteiger partial charge on any atom is -0.338 e. The van der Waals surface area contributed by atoms with E-state index in [2.05, 4.69) is 44.7 Å². The summed E-state index contributed by atoms with van der Waals surface area (Å²) < 4.78 is 6.03. The van der Waals surface area contributed by atoms with Crippen LogP contribution < -0.4 is 5.32 Å². The molecule has 114 valence electrons. The molecular formula is C14H15N5OS2. The molecule has 3 aromatic rings. The van der Waals surface area contributed by atoms with Crippen molar-refractivity contribution in [2.24, 2.45) is 0 Å². The number of anilines is 2. The van der Waals surface area contributed by atoms with Gasteiger partial charge in [-0.15, -0.1) is 10.2 Å². The number of nitrogens with zero attached hydrogens (tertiary/aromatic N) is 4. The zero-order valence-corrected chi connectivity index (χ0v) is 14.0. The van der Waals surface area contributed by atoms with E-state index >= 15 is 0 Å². The van der Waals surface area contributed by atoms with Gasteiger partial charge in [-0.25, -0.2) is 0 Å². The molecule has 0 aliphatic heterocycles. The van der Waals surface area contributed by atoms with Crippen LogP contribution >= 0.6 is 23.1 Å². The van der Waals surface area contributed by atoms with Crippen molar-refractivity contribution >= 4 is 33.9 Å². The predicted octanol–water partition coefficient (Wildman–Crippen LogP) is 4.13. The third-order valence-electron chi connectivity index (χ3n) is 2.84. The molecular weight excluding hydrogens is 318 g/mol. The van der Waals surface area contributed by atoms with Crippen molar-refractivity contribution in [2.75, 3.05) is 5.32 Å². The predicted molar refractivity (Wildman–Crippen MR) is 87.7 cm³/mol. The van der Waals surface area contributed by atoms with E-state index in [1.807, 2.05) is 19.1 Å². The summed E-state index contributed by atoms with van der Waals surface area (Å²) in [5.74, 6) is 1.24. The molecule has 2 heterocycles. The van der Waals surface area contributed by atoms with Crippen molar-refractivity contribution in [3.63, 3.8) is 0 Å². The maximum atomic E-state index is 5.17. The summed E-state index contributed by atoms with van der Waals surface area (Å²) in [7, 11) is 0. The zero-order chi connectivity index (χ0) is 15.5. The Kier molecular flexibility index (Phi) is 4.39. The highest BCUT2D eigenvalue weighted by Crippen LogP contribution is 2.37. The van der Waals surface area contributed by atoms with Crippen molar-refractivity contribution in [1.82, 2.24) is 20.3 Å². The molecule has 0 spiro atoms. The number of hydrogen-bond donors (Lipinski definition) is 1. The summed E-state index contributed by atoms with van der Waals surface area (Å²) in [6.07, 6.45) is 0. The van der Waals surface area contributed by atoms with Crippen molar-refractivity contribution in [3.05, 3.63) is 41.5 Å². The first-order valence-corrected chi connectivity index (χ1v) is 8.44. The van der Waals surface area contributed by atoms with Crippen LogP contribution in [0.1, 0.15) is 29.5 Å². The molecule has 1 unspecified atom stereocenters. The molecule has 22 heavy (non-hydrogen) atoms. The van der Waals surface area contributed by atoms with Crippen LogP contribution in [0.25, 0.3) is 0 Å². The topological polar surface area (TPSA) is 76.7 Å². The molecule has 1 aromatic carbocycles. The third-order valence-corrected chi connectivity index (χ3v) is 4.85. The Morgan fingerprint density at radius 1 is 1.27 bits per heavy atom. The normalized spacial score (nSPS) is 12.3. The van der Waals surface area contributed by atoms with Gasteiger partial charge in [0.1, 0.15) is 0 Å². The lowest BCUT2D eigenvalue weighted by atomic mass is 10.2. The Bertz CT molecular complexity index is 770. The van der Waals surface area contributed by atoms with Gasteiger partial charge in [0.2, 0.25) is 11.0 Å². The Morgan fingerprint density at radius 2 is 2.14 bits per heavy atom. The lowest BCUT2D eigenvalue weighted by Gasteiger charge is -2.02. The standard InChI is InChI=1S/C14H15N5OS2/c1-8-5-4-6-11(7-8)16-13-17-18-14(22-13)21-9(2)12-15-10(3)19-20-12/h4-7,9H,1-3H3,(H,16,17). The molecule has 3 rings (SSSR count). The fraction of sp³-hybridized carbons (Fsp3) is 0.286. The highest BCUT2D eigenvalue weighted by molar-refractivity contribution is 8.01. The largest absolute Gasteiger partial charge is 0.338 e. The van der Waals surface area contributed by atoms with Crippen LogP contribution in [0.3, 0.4) is 0 Å². The van der Waals surface area contributed by atoms with Gasteiger partial charge in [0.15, 0.2) is 10.2 Å². The maximum Gasteiger partial charge on any atom is 0.239 e. The second-order valence-electron chi connectivity index (χ2n) is 4.81. The second-order valence-corrected chi connectivity index (χ2v) is 7.37. The van der Waals surface area contributed by atoms with E-state index in [0.717, 1.165) is 15.2 Å². The van der Waals surface area contributed by atoms with Gasteiger partial charge < -0.3 is 9.84 Å². The smallest absolute Gasteiger partial charge is 0.239 e. The van der Waals surface area contributed by atoms with Crippen LogP contribution in [0.2, 0.25) is 0 Å². The minimum atomic E-state index is 0.0426. The molecule has 0 fully saturated rings. The first-order valence-electron chi connectivity index (χ1n) is 6.74. The summed E-state index contributed by atoms with van der Waals surface area (Å²) in [6, 6.07) is 8.14. The van der Waals surface area contributed by atoms with E-state index in [1.54, 1.807) is 18.7 Å². The van der Waals surface area contributed by atoms with Crippen molar-refractivity contribution in [2.45, 2.75) is 30.4 Å². The molecule has 2 aromatic heterocycles. The highest BCUT2D eigenvalue weighted by Gasteiger charge is 2.17. The van der Waals surface area contributed by atoms with Crippen LogP contribution in [-0.2, 0) is 0 Å². The van der Waals surface area contributed by atoms with Crippen LogP contribution in [0.15, 0.2) is 33.1 Å². The summed E-state index contributed by atoms with van der Waals surface area (Å²) in [5, 5.41) is 16.2. The van der Waals surface area contributed by atoms with Gasteiger partial charge in [-0.2, -0.15) is 4.98 Å². The van der Waals surface area contributed by atoms with Gasteiger partial charge in [0.05, 0.1) is 5.25 Å². The fourth-order valence-electron chi connectivity index (χ4n) is 1.83. The summed E-state index contributed by atoms with van der Waals surface area (Å²) in [6.45, 7) is 5.87. The van der Waals surface area contributed by atoms with Crippen LogP contribution in [-0.4, -0.2) is 20.3 Å². The second kappa shape index (κ2) is 6.45.